The van der Waals surface area contributed by atoms with E-state index in [9.17, 15) is 0 Å². The van der Waals surface area contributed by atoms with E-state index >= 15 is 0 Å². The third-order valence-electron chi connectivity index (χ3n) is 3.20. The van der Waals surface area contributed by atoms with Crippen molar-refractivity contribution in [3.63, 3.8) is 0 Å². The van der Waals surface area contributed by atoms with Gasteiger partial charge in [0.15, 0.2) is 0 Å². The van der Waals surface area contributed by atoms with E-state index in [0.717, 1.165) is 36.7 Å². The topological polar surface area (TPSA) is 27.7 Å². The van der Waals surface area contributed by atoms with Gasteiger partial charge in [-0.25, -0.2) is 0 Å². The second kappa shape index (κ2) is 8.98. The van der Waals surface area contributed by atoms with Gasteiger partial charge in [0, 0.05) is 0 Å². The number of benzene rings is 2. The Kier molecular flexibility index (Phi) is 6.62. The fourth-order valence-corrected chi connectivity index (χ4v) is 2.09. The summed E-state index contributed by atoms with van der Waals surface area (Å²) in [7, 11) is 0. The Hall–Kier alpha value is -2.16. The number of unbranched alkanes of at least 4 members (excludes halogenated alkanes) is 1. The second-order valence-electron chi connectivity index (χ2n) is 5.12. The van der Waals surface area contributed by atoms with Crippen LogP contribution in [0.4, 0.5) is 0 Å². The Morgan fingerprint density at radius 1 is 0.727 bits per heavy atom. The van der Waals surface area contributed by atoms with Crippen LogP contribution < -0.4 is 14.2 Å². The van der Waals surface area contributed by atoms with E-state index in [1.165, 1.54) is 5.56 Å². The van der Waals surface area contributed by atoms with Crippen LogP contribution in [0.25, 0.3) is 0 Å². The van der Waals surface area contributed by atoms with Crippen LogP contribution in [-0.4, -0.2) is 19.8 Å². The molecule has 0 radical (unpaired) electrons. The molecule has 0 aliphatic rings. The number of hydrogen-bond donors (Lipinski definition) is 0. The zero-order valence-electron chi connectivity index (χ0n) is 13.4. The van der Waals surface area contributed by atoms with Gasteiger partial charge in [-0.15, -0.1) is 0 Å². The van der Waals surface area contributed by atoms with Gasteiger partial charge in [0.2, 0.25) is 0 Å². The highest BCUT2D eigenvalue weighted by atomic mass is 16.5. The zero-order chi connectivity index (χ0) is 15.6. The van der Waals surface area contributed by atoms with Crippen LogP contribution in [0.15, 0.2) is 48.5 Å². The lowest BCUT2D eigenvalue weighted by atomic mass is 10.2. The largest absolute Gasteiger partial charge is 0.494 e. The summed E-state index contributed by atoms with van der Waals surface area (Å²) in [4.78, 5) is 0. The Morgan fingerprint density at radius 3 is 1.91 bits per heavy atom. The first kappa shape index (κ1) is 16.2. The van der Waals surface area contributed by atoms with Crippen molar-refractivity contribution in [1.29, 1.82) is 0 Å². The molecule has 3 heteroatoms. The molecule has 0 atom stereocenters. The molecule has 0 aliphatic heterocycles. The molecule has 0 saturated carbocycles. The molecule has 0 aromatic heterocycles. The van der Waals surface area contributed by atoms with Gasteiger partial charge in [-0.05, 0) is 68.7 Å². The van der Waals surface area contributed by atoms with E-state index in [1.54, 1.807) is 0 Å². The van der Waals surface area contributed by atoms with Gasteiger partial charge < -0.3 is 14.2 Å². The Bertz CT molecular complexity index is 549. The van der Waals surface area contributed by atoms with Gasteiger partial charge in [0.25, 0.3) is 0 Å². The number of ether oxygens (including phenoxy) is 3. The molecule has 3 nitrogen and oxygen atoms in total. The van der Waals surface area contributed by atoms with E-state index in [-0.39, 0.29) is 0 Å². The highest BCUT2D eigenvalue weighted by Gasteiger charge is 1.97. The molecule has 2 rings (SSSR count). The number of hydrogen-bond acceptors (Lipinski definition) is 3. The average Bonchev–Trinajstić information content (AvgIpc) is 2.53. The summed E-state index contributed by atoms with van der Waals surface area (Å²) in [6.07, 6.45) is 1.95. The first-order valence-electron chi connectivity index (χ1n) is 7.83. The molecule has 0 aliphatic carbocycles. The van der Waals surface area contributed by atoms with E-state index in [1.807, 2.05) is 43.3 Å². The molecule has 0 fully saturated rings. The summed E-state index contributed by atoms with van der Waals surface area (Å²) in [6.45, 7) is 6.14. The maximum Gasteiger partial charge on any atom is 0.119 e. The molecule has 0 spiro atoms. The lowest BCUT2D eigenvalue weighted by molar-refractivity contribution is 0.266. The first-order chi connectivity index (χ1) is 10.8. The smallest absolute Gasteiger partial charge is 0.119 e. The molecule has 118 valence electrons. The predicted molar refractivity (Wildman–Crippen MR) is 89.0 cm³/mol. The van der Waals surface area contributed by atoms with Crippen molar-refractivity contribution < 1.29 is 14.2 Å². The van der Waals surface area contributed by atoms with Gasteiger partial charge in [0.05, 0.1) is 19.8 Å². The normalized spacial score (nSPS) is 10.3. The fourth-order valence-electron chi connectivity index (χ4n) is 2.09. The first-order valence-corrected chi connectivity index (χ1v) is 7.83. The molecule has 2 aromatic carbocycles. The van der Waals surface area contributed by atoms with E-state index < -0.39 is 0 Å². The van der Waals surface area contributed by atoms with Gasteiger partial charge >= 0.3 is 0 Å². The third kappa shape index (κ3) is 5.68. The minimum atomic E-state index is 0.682. The fraction of sp³-hybridized carbons (Fsp3) is 0.368. The summed E-state index contributed by atoms with van der Waals surface area (Å²) >= 11 is 0. The maximum atomic E-state index is 5.71. The van der Waals surface area contributed by atoms with Crippen LogP contribution in [0.2, 0.25) is 0 Å². The van der Waals surface area contributed by atoms with Crippen LogP contribution >= 0.6 is 0 Å². The number of aryl methyl sites for hydroxylation is 1. The van der Waals surface area contributed by atoms with Crippen molar-refractivity contribution >= 4 is 0 Å². The molecule has 0 bridgehead atoms. The van der Waals surface area contributed by atoms with E-state index in [2.05, 4.69) is 19.1 Å². The molecule has 22 heavy (non-hydrogen) atoms. The molecule has 2 aromatic rings. The van der Waals surface area contributed by atoms with E-state index in [0.29, 0.717) is 13.2 Å². The minimum absolute atomic E-state index is 0.682. The van der Waals surface area contributed by atoms with Crippen LogP contribution in [0, 0.1) is 6.92 Å². The van der Waals surface area contributed by atoms with Crippen LogP contribution in [0.3, 0.4) is 0 Å². The molecular formula is C19H24O3. The third-order valence-corrected chi connectivity index (χ3v) is 3.20. The molecule has 0 unspecified atom stereocenters. The summed E-state index contributed by atoms with van der Waals surface area (Å²) in [5.41, 5.74) is 1.22. The Labute approximate surface area is 132 Å². The van der Waals surface area contributed by atoms with Crippen LogP contribution in [-0.2, 0) is 0 Å². The quantitative estimate of drug-likeness (QED) is 0.632. The summed E-state index contributed by atoms with van der Waals surface area (Å²) in [6, 6.07) is 15.9. The highest BCUT2D eigenvalue weighted by molar-refractivity contribution is 5.31. The molecule has 0 amide bonds. The van der Waals surface area contributed by atoms with Crippen molar-refractivity contribution in [3.05, 3.63) is 54.1 Å². The van der Waals surface area contributed by atoms with Gasteiger partial charge in [0.1, 0.15) is 17.2 Å². The molecule has 0 saturated heterocycles. The SMILES string of the molecule is CCOc1ccc(OCCCCOc2cccc(C)c2)cc1. The van der Waals surface area contributed by atoms with Crippen molar-refractivity contribution in [2.45, 2.75) is 26.7 Å². The van der Waals surface area contributed by atoms with Gasteiger partial charge in [-0.2, -0.15) is 0 Å². The van der Waals surface area contributed by atoms with Crippen molar-refractivity contribution in [2.75, 3.05) is 19.8 Å². The number of rotatable bonds is 9. The lowest BCUT2D eigenvalue weighted by Gasteiger charge is -2.09. The van der Waals surface area contributed by atoms with Crippen LogP contribution in [0.1, 0.15) is 25.3 Å². The van der Waals surface area contributed by atoms with E-state index in [4.69, 9.17) is 14.2 Å². The van der Waals surface area contributed by atoms with Gasteiger partial charge in [-0.1, -0.05) is 12.1 Å². The second-order valence-corrected chi connectivity index (χ2v) is 5.12. The predicted octanol–water partition coefficient (Wildman–Crippen LogP) is 4.63. The summed E-state index contributed by atoms with van der Waals surface area (Å²) in [5, 5.41) is 0. The zero-order valence-corrected chi connectivity index (χ0v) is 13.4. The standard InChI is InChI=1S/C19H24O3/c1-3-20-17-9-11-18(12-10-17)21-13-4-5-14-22-19-8-6-7-16(2)15-19/h6-12,15H,3-5,13-14H2,1-2H3. The minimum Gasteiger partial charge on any atom is -0.494 e. The van der Waals surface area contributed by atoms with Gasteiger partial charge in [-0.3, -0.25) is 0 Å². The average molecular weight is 300 g/mol. The molecule has 0 heterocycles. The summed E-state index contributed by atoms with van der Waals surface area (Å²) in [5.74, 6) is 2.69. The molecule has 0 N–H and O–H groups in total. The summed E-state index contributed by atoms with van der Waals surface area (Å²) < 4.78 is 16.8. The maximum absolute atomic E-state index is 5.71. The molecular weight excluding hydrogens is 276 g/mol. The Balaban J connectivity index is 1.59. The van der Waals surface area contributed by atoms with Crippen molar-refractivity contribution in [1.82, 2.24) is 0 Å². The Morgan fingerprint density at radius 2 is 1.32 bits per heavy atom. The van der Waals surface area contributed by atoms with Crippen molar-refractivity contribution in [3.8, 4) is 17.2 Å². The van der Waals surface area contributed by atoms with Crippen molar-refractivity contribution in [2.24, 2.45) is 0 Å². The highest BCUT2D eigenvalue weighted by Crippen LogP contribution is 2.18. The lowest BCUT2D eigenvalue weighted by Crippen LogP contribution is -2.02. The monoisotopic (exact) mass is 300 g/mol. The van der Waals surface area contributed by atoms with Crippen LogP contribution in [0.5, 0.6) is 17.2 Å².